The van der Waals surface area contributed by atoms with Crippen molar-refractivity contribution >= 4 is 15.9 Å². The summed E-state index contributed by atoms with van der Waals surface area (Å²) in [5.41, 5.74) is 5.36. The van der Waals surface area contributed by atoms with Gasteiger partial charge in [-0.3, -0.25) is 10.2 Å². The number of nitrogens with one attached hydrogen (secondary N) is 2. The van der Waals surface area contributed by atoms with E-state index in [0.29, 0.717) is 11.7 Å². The summed E-state index contributed by atoms with van der Waals surface area (Å²) in [5.74, 6) is 0.267. The highest BCUT2D eigenvalue weighted by molar-refractivity contribution is 7.89. The van der Waals surface area contributed by atoms with Crippen LogP contribution in [-0.4, -0.2) is 20.9 Å². The normalized spacial score (nSPS) is 11.4. The summed E-state index contributed by atoms with van der Waals surface area (Å²) < 4.78 is 29.8. The summed E-state index contributed by atoms with van der Waals surface area (Å²) in [6.45, 7) is 7.68. The monoisotopic (exact) mass is 376 g/mol. The molecule has 140 valence electrons. The summed E-state index contributed by atoms with van der Waals surface area (Å²) in [6.07, 6.45) is 0. The molecule has 1 amide bonds. The van der Waals surface area contributed by atoms with Crippen LogP contribution in [0.5, 0.6) is 5.75 Å². The van der Waals surface area contributed by atoms with E-state index in [9.17, 15) is 13.2 Å². The Labute approximate surface area is 154 Å². The summed E-state index contributed by atoms with van der Waals surface area (Å²) in [7, 11) is -3.83. The third kappa shape index (κ3) is 5.31. The van der Waals surface area contributed by atoms with Gasteiger partial charge in [-0.2, -0.15) is 0 Å². The molecule has 6 nitrogen and oxygen atoms in total. The molecular weight excluding hydrogens is 352 g/mol. The van der Waals surface area contributed by atoms with E-state index in [1.807, 2.05) is 39.8 Å². The molecule has 0 saturated carbocycles. The number of ether oxygens (including phenoxy) is 1. The van der Waals surface area contributed by atoms with Crippen molar-refractivity contribution in [1.29, 1.82) is 0 Å². The number of hydrogen-bond donors (Lipinski definition) is 2. The molecule has 0 fully saturated rings. The second-order valence-corrected chi connectivity index (χ2v) is 8.09. The number of benzene rings is 2. The molecule has 0 spiro atoms. The Morgan fingerprint density at radius 2 is 1.69 bits per heavy atom. The topological polar surface area (TPSA) is 84.5 Å². The molecule has 0 aliphatic carbocycles. The molecular formula is C19H24N2O4S. The largest absolute Gasteiger partial charge is 0.484 e. The lowest BCUT2D eigenvalue weighted by Gasteiger charge is -2.11. The fourth-order valence-electron chi connectivity index (χ4n) is 2.20. The van der Waals surface area contributed by atoms with Crippen molar-refractivity contribution in [1.82, 2.24) is 10.3 Å². The Morgan fingerprint density at radius 3 is 2.27 bits per heavy atom. The predicted octanol–water partition coefficient (Wildman–Crippen LogP) is 2.82. The van der Waals surface area contributed by atoms with E-state index in [4.69, 9.17) is 4.74 Å². The van der Waals surface area contributed by atoms with Gasteiger partial charge in [0.25, 0.3) is 15.9 Å². The first-order chi connectivity index (χ1) is 12.2. The van der Waals surface area contributed by atoms with Crippen LogP contribution in [0.4, 0.5) is 0 Å². The van der Waals surface area contributed by atoms with Crippen molar-refractivity contribution < 1.29 is 17.9 Å². The third-order valence-corrected chi connectivity index (χ3v) is 5.29. The van der Waals surface area contributed by atoms with Gasteiger partial charge in [-0.25, -0.2) is 8.42 Å². The van der Waals surface area contributed by atoms with Crippen LogP contribution in [0.15, 0.2) is 47.4 Å². The van der Waals surface area contributed by atoms with Gasteiger partial charge in [0, 0.05) is 0 Å². The molecule has 0 radical (unpaired) electrons. The Hall–Kier alpha value is -2.38. The van der Waals surface area contributed by atoms with Gasteiger partial charge >= 0.3 is 0 Å². The second kappa shape index (κ2) is 8.33. The second-order valence-electron chi connectivity index (χ2n) is 6.41. The maximum atomic E-state index is 12.2. The number of hydrogen-bond acceptors (Lipinski definition) is 4. The highest BCUT2D eigenvalue weighted by Crippen LogP contribution is 2.17. The molecule has 0 aromatic heterocycles. The number of sulfonamides is 1. The van der Waals surface area contributed by atoms with E-state index in [2.05, 4.69) is 10.3 Å². The quantitative estimate of drug-likeness (QED) is 0.728. The van der Waals surface area contributed by atoms with Gasteiger partial charge in [0.15, 0.2) is 6.61 Å². The Bertz CT molecular complexity index is 875. The Kier molecular flexibility index (Phi) is 6.39. The number of amides is 1. The van der Waals surface area contributed by atoms with Crippen LogP contribution in [-0.2, 0) is 14.8 Å². The van der Waals surface area contributed by atoms with E-state index < -0.39 is 15.9 Å². The summed E-state index contributed by atoms with van der Waals surface area (Å²) >= 11 is 0. The van der Waals surface area contributed by atoms with Crippen LogP contribution in [0.1, 0.15) is 36.5 Å². The fourth-order valence-corrected chi connectivity index (χ4v) is 3.06. The lowest BCUT2D eigenvalue weighted by Crippen LogP contribution is -2.43. The van der Waals surface area contributed by atoms with Gasteiger partial charge in [-0.05, 0) is 60.7 Å². The van der Waals surface area contributed by atoms with E-state index in [0.717, 1.165) is 16.7 Å². The van der Waals surface area contributed by atoms with Crippen molar-refractivity contribution in [2.45, 2.75) is 38.5 Å². The number of rotatable bonds is 7. The molecule has 0 unspecified atom stereocenters. The number of aryl methyl sites for hydroxylation is 2. The first kappa shape index (κ1) is 19.9. The molecule has 7 heteroatoms. The minimum absolute atomic E-state index is 0.0808. The highest BCUT2D eigenvalue weighted by atomic mass is 32.2. The Balaban J connectivity index is 1.89. The molecule has 0 bridgehead atoms. The van der Waals surface area contributed by atoms with Gasteiger partial charge in [-0.1, -0.05) is 32.0 Å². The minimum atomic E-state index is -3.83. The van der Waals surface area contributed by atoms with Crippen LogP contribution in [0.2, 0.25) is 0 Å². The molecule has 0 aliphatic heterocycles. The van der Waals surface area contributed by atoms with Crippen LogP contribution in [0, 0.1) is 13.8 Å². The molecule has 2 aromatic rings. The molecule has 2 rings (SSSR count). The number of hydrazine groups is 1. The van der Waals surface area contributed by atoms with Crippen LogP contribution < -0.4 is 15.0 Å². The van der Waals surface area contributed by atoms with E-state index >= 15 is 0 Å². The Morgan fingerprint density at radius 1 is 1.04 bits per heavy atom. The molecule has 0 saturated heterocycles. The fraction of sp³-hybridized carbons (Fsp3) is 0.316. The zero-order chi connectivity index (χ0) is 19.3. The standard InChI is InChI=1S/C19H24N2O4S/c1-13(2)16-6-9-18(10-7-16)26(23,24)21-20-19(22)12-25-17-8-5-14(3)15(4)11-17/h5-11,13,21H,12H2,1-4H3,(H,20,22). The molecule has 2 aromatic carbocycles. The minimum Gasteiger partial charge on any atom is -0.484 e. The zero-order valence-electron chi connectivity index (χ0n) is 15.4. The van der Waals surface area contributed by atoms with Gasteiger partial charge in [0.2, 0.25) is 0 Å². The van der Waals surface area contributed by atoms with Crippen LogP contribution in [0.3, 0.4) is 0 Å². The zero-order valence-corrected chi connectivity index (χ0v) is 16.2. The molecule has 0 aliphatic rings. The average molecular weight is 376 g/mol. The maximum absolute atomic E-state index is 12.2. The van der Waals surface area contributed by atoms with E-state index in [1.165, 1.54) is 12.1 Å². The molecule has 0 heterocycles. The first-order valence-electron chi connectivity index (χ1n) is 8.29. The van der Waals surface area contributed by atoms with E-state index in [-0.39, 0.29) is 11.5 Å². The van der Waals surface area contributed by atoms with Crippen molar-refractivity contribution in [3.63, 3.8) is 0 Å². The predicted molar refractivity (Wildman–Crippen MR) is 100 cm³/mol. The molecule has 26 heavy (non-hydrogen) atoms. The van der Waals surface area contributed by atoms with E-state index in [1.54, 1.807) is 18.2 Å². The van der Waals surface area contributed by atoms with Gasteiger partial charge in [0.1, 0.15) is 5.75 Å². The smallest absolute Gasteiger partial charge is 0.272 e. The van der Waals surface area contributed by atoms with Crippen molar-refractivity contribution in [3.05, 3.63) is 59.2 Å². The summed E-state index contributed by atoms with van der Waals surface area (Å²) in [6, 6.07) is 12.0. The summed E-state index contributed by atoms with van der Waals surface area (Å²) in [4.78, 5) is 14.0. The summed E-state index contributed by atoms with van der Waals surface area (Å²) in [5, 5.41) is 0. The first-order valence-corrected chi connectivity index (χ1v) is 9.78. The highest BCUT2D eigenvalue weighted by Gasteiger charge is 2.15. The molecule has 2 N–H and O–H groups in total. The average Bonchev–Trinajstić information content (AvgIpc) is 2.61. The number of carbonyl (C=O) groups excluding carboxylic acids is 1. The third-order valence-electron chi connectivity index (χ3n) is 4.03. The van der Waals surface area contributed by atoms with Crippen molar-refractivity contribution in [2.24, 2.45) is 0 Å². The lowest BCUT2D eigenvalue weighted by atomic mass is 10.0. The van der Waals surface area contributed by atoms with Crippen LogP contribution in [0.25, 0.3) is 0 Å². The van der Waals surface area contributed by atoms with Gasteiger partial charge in [0.05, 0.1) is 4.90 Å². The van der Waals surface area contributed by atoms with Gasteiger partial charge < -0.3 is 4.74 Å². The van der Waals surface area contributed by atoms with Crippen molar-refractivity contribution in [3.8, 4) is 5.75 Å². The van der Waals surface area contributed by atoms with Gasteiger partial charge in [-0.15, -0.1) is 4.83 Å². The SMILES string of the molecule is Cc1ccc(OCC(=O)NNS(=O)(=O)c2ccc(C(C)C)cc2)cc1C. The maximum Gasteiger partial charge on any atom is 0.272 e. The van der Waals surface area contributed by atoms with Crippen molar-refractivity contribution in [2.75, 3.05) is 6.61 Å². The van der Waals surface area contributed by atoms with Crippen LogP contribution >= 0.6 is 0 Å². The lowest BCUT2D eigenvalue weighted by molar-refractivity contribution is -0.123. The molecule has 0 atom stereocenters. The number of carbonyl (C=O) groups is 1.